The van der Waals surface area contributed by atoms with E-state index in [9.17, 15) is 0 Å². The molecule has 1 aliphatic heterocycles. The largest absolute Gasteiger partial charge is 0.496 e. The molecule has 2 rings (SSSR count). The normalized spacial score (nSPS) is 12.7. The summed E-state index contributed by atoms with van der Waals surface area (Å²) in [6, 6.07) is 3.63. The van der Waals surface area contributed by atoms with Crippen molar-refractivity contribution in [3.8, 4) is 17.2 Å². The highest BCUT2D eigenvalue weighted by molar-refractivity contribution is 5.73. The maximum atomic E-state index is 5.55. The minimum Gasteiger partial charge on any atom is -0.496 e. The summed E-state index contributed by atoms with van der Waals surface area (Å²) in [6.07, 6.45) is 0. The van der Waals surface area contributed by atoms with E-state index in [1.165, 1.54) is 0 Å². The molecule has 0 unspecified atom stereocenters. The fourth-order valence-corrected chi connectivity index (χ4v) is 1.48. The van der Waals surface area contributed by atoms with Crippen molar-refractivity contribution >= 4 is 5.57 Å². The molecule has 0 bridgehead atoms. The van der Waals surface area contributed by atoms with Gasteiger partial charge in [0.2, 0.25) is 6.79 Å². The Morgan fingerprint density at radius 2 is 2.13 bits per heavy atom. The molecule has 0 fully saturated rings. The standard InChI is InChI=1S/C11H13NO3/c1-7(5-12)8-3-10-11(15-6-14-10)4-9(8)13-2/h3-4H,1,5-6,12H2,2H3. The first kappa shape index (κ1) is 9.86. The van der Waals surface area contributed by atoms with E-state index >= 15 is 0 Å². The first-order chi connectivity index (χ1) is 7.26. The second kappa shape index (κ2) is 3.82. The number of benzene rings is 1. The fraction of sp³-hybridized carbons (Fsp3) is 0.273. The predicted molar refractivity (Wildman–Crippen MR) is 57.2 cm³/mol. The summed E-state index contributed by atoms with van der Waals surface area (Å²) in [7, 11) is 1.60. The SMILES string of the molecule is C=C(CN)c1cc2c(cc1OC)OCO2. The highest BCUT2D eigenvalue weighted by Gasteiger charge is 2.18. The summed E-state index contributed by atoms with van der Waals surface area (Å²) in [5.74, 6) is 2.11. The van der Waals surface area contributed by atoms with Crippen molar-refractivity contribution in [3.05, 3.63) is 24.3 Å². The third-order valence-corrected chi connectivity index (χ3v) is 2.32. The van der Waals surface area contributed by atoms with Gasteiger partial charge in [-0.3, -0.25) is 0 Å². The smallest absolute Gasteiger partial charge is 0.231 e. The number of hydrogen-bond donors (Lipinski definition) is 1. The zero-order valence-electron chi connectivity index (χ0n) is 8.58. The topological polar surface area (TPSA) is 53.7 Å². The molecule has 2 N–H and O–H groups in total. The van der Waals surface area contributed by atoms with Crippen LogP contribution in [0.3, 0.4) is 0 Å². The Labute approximate surface area is 88.2 Å². The number of fused-ring (bicyclic) bond motifs is 1. The number of nitrogens with two attached hydrogens (primary N) is 1. The molecule has 1 aromatic carbocycles. The predicted octanol–water partition coefficient (Wildman–Crippen LogP) is 1.40. The Kier molecular flexibility index (Phi) is 2.51. The van der Waals surface area contributed by atoms with Crippen molar-refractivity contribution in [1.82, 2.24) is 0 Å². The zero-order valence-corrected chi connectivity index (χ0v) is 8.58. The lowest BCUT2D eigenvalue weighted by Gasteiger charge is -2.10. The molecule has 0 aromatic heterocycles. The molecule has 4 nitrogen and oxygen atoms in total. The third-order valence-electron chi connectivity index (χ3n) is 2.32. The van der Waals surface area contributed by atoms with Crippen LogP contribution in [0.1, 0.15) is 5.56 Å². The molecular formula is C11H13NO3. The molecule has 1 heterocycles. The number of rotatable bonds is 3. The minimum absolute atomic E-state index is 0.247. The Balaban J connectivity index is 2.48. The van der Waals surface area contributed by atoms with Gasteiger partial charge in [-0.05, 0) is 11.6 Å². The van der Waals surface area contributed by atoms with Crippen LogP contribution in [0.25, 0.3) is 5.57 Å². The molecule has 0 saturated carbocycles. The quantitative estimate of drug-likeness (QED) is 0.813. The van der Waals surface area contributed by atoms with Gasteiger partial charge in [-0.15, -0.1) is 0 Å². The molecule has 0 saturated heterocycles. The second-order valence-corrected chi connectivity index (χ2v) is 3.21. The van der Waals surface area contributed by atoms with Gasteiger partial charge in [0.1, 0.15) is 5.75 Å². The van der Waals surface area contributed by atoms with Crippen LogP contribution in [-0.2, 0) is 0 Å². The molecule has 0 amide bonds. The maximum absolute atomic E-state index is 5.55. The van der Waals surface area contributed by atoms with Crippen molar-refractivity contribution in [2.24, 2.45) is 5.73 Å². The molecule has 0 radical (unpaired) electrons. The average molecular weight is 207 g/mol. The van der Waals surface area contributed by atoms with Crippen molar-refractivity contribution in [2.45, 2.75) is 0 Å². The highest BCUT2D eigenvalue weighted by atomic mass is 16.7. The molecular weight excluding hydrogens is 194 g/mol. The average Bonchev–Trinajstić information content (AvgIpc) is 2.73. The van der Waals surface area contributed by atoms with Gasteiger partial charge in [-0.25, -0.2) is 0 Å². The van der Waals surface area contributed by atoms with Crippen molar-refractivity contribution in [3.63, 3.8) is 0 Å². The Bertz CT molecular complexity index is 401. The Morgan fingerprint density at radius 1 is 1.47 bits per heavy atom. The summed E-state index contributed by atoms with van der Waals surface area (Å²) < 4.78 is 15.8. The van der Waals surface area contributed by atoms with Gasteiger partial charge in [-0.2, -0.15) is 0 Å². The van der Waals surface area contributed by atoms with Crippen molar-refractivity contribution in [2.75, 3.05) is 20.4 Å². The van der Waals surface area contributed by atoms with E-state index in [2.05, 4.69) is 6.58 Å². The minimum atomic E-state index is 0.247. The van der Waals surface area contributed by atoms with Gasteiger partial charge >= 0.3 is 0 Å². The van der Waals surface area contributed by atoms with E-state index in [0.717, 1.165) is 11.1 Å². The van der Waals surface area contributed by atoms with Crippen LogP contribution in [0.5, 0.6) is 17.2 Å². The zero-order chi connectivity index (χ0) is 10.8. The molecule has 0 aliphatic carbocycles. The van der Waals surface area contributed by atoms with Gasteiger partial charge in [-0.1, -0.05) is 6.58 Å². The lowest BCUT2D eigenvalue weighted by molar-refractivity contribution is 0.174. The number of methoxy groups -OCH3 is 1. The summed E-state index contributed by atoms with van der Waals surface area (Å²) in [5, 5.41) is 0. The molecule has 80 valence electrons. The van der Waals surface area contributed by atoms with Crippen molar-refractivity contribution in [1.29, 1.82) is 0 Å². The van der Waals surface area contributed by atoms with E-state index in [1.54, 1.807) is 13.2 Å². The number of ether oxygens (including phenoxy) is 3. The molecule has 4 heteroatoms. The third kappa shape index (κ3) is 1.64. The first-order valence-corrected chi connectivity index (χ1v) is 4.62. The Morgan fingerprint density at radius 3 is 2.73 bits per heavy atom. The van der Waals surface area contributed by atoms with Crippen LogP contribution in [0.15, 0.2) is 18.7 Å². The second-order valence-electron chi connectivity index (χ2n) is 3.21. The molecule has 15 heavy (non-hydrogen) atoms. The van der Waals surface area contributed by atoms with Crippen LogP contribution in [-0.4, -0.2) is 20.4 Å². The summed E-state index contributed by atoms with van der Waals surface area (Å²) in [4.78, 5) is 0. The lowest BCUT2D eigenvalue weighted by atomic mass is 10.1. The maximum Gasteiger partial charge on any atom is 0.231 e. The monoisotopic (exact) mass is 207 g/mol. The molecule has 1 aliphatic rings. The van der Waals surface area contributed by atoms with Gasteiger partial charge in [0.05, 0.1) is 7.11 Å². The van der Waals surface area contributed by atoms with E-state index in [4.69, 9.17) is 19.9 Å². The molecule has 0 atom stereocenters. The number of hydrogen-bond acceptors (Lipinski definition) is 4. The lowest BCUT2D eigenvalue weighted by Crippen LogP contribution is -2.02. The summed E-state index contributed by atoms with van der Waals surface area (Å²) in [6.45, 7) is 4.51. The van der Waals surface area contributed by atoms with Gasteiger partial charge in [0.15, 0.2) is 11.5 Å². The van der Waals surface area contributed by atoms with E-state index in [1.807, 2.05) is 6.07 Å². The van der Waals surface area contributed by atoms with E-state index in [-0.39, 0.29) is 6.79 Å². The van der Waals surface area contributed by atoms with Gasteiger partial charge in [0, 0.05) is 18.2 Å². The first-order valence-electron chi connectivity index (χ1n) is 4.62. The summed E-state index contributed by atoms with van der Waals surface area (Å²) >= 11 is 0. The van der Waals surface area contributed by atoms with Gasteiger partial charge < -0.3 is 19.9 Å². The van der Waals surface area contributed by atoms with Crippen molar-refractivity contribution < 1.29 is 14.2 Å². The van der Waals surface area contributed by atoms with Crippen LogP contribution in [0.2, 0.25) is 0 Å². The highest BCUT2D eigenvalue weighted by Crippen LogP contribution is 2.39. The molecule has 0 spiro atoms. The summed E-state index contributed by atoms with van der Waals surface area (Å²) in [5.41, 5.74) is 7.22. The van der Waals surface area contributed by atoms with Gasteiger partial charge in [0.25, 0.3) is 0 Å². The van der Waals surface area contributed by atoms with E-state index < -0.39 is 0 Å². The van der Waals surface area contributed by atoms with Crippen LogP contribution < -0.4 is 19.9 Å². The van der Waals surface area contributed by atoms with Crippen LogP contribution >= 0.6 is 0 Å². The van der Waals surface area contributed by atoms with Crippen LogP contribution in [0.4, 0.5) is 0 Å². The Hall–Kier alpha value is -1.68. The molecule has 1 aromatic rings. The van der Waals surface area contributed by atoms with E-state index in [0.29, 0.717) is 23.8 Å². The fourth-order valence-electron chi connectivity index (χ4n) is 1.48. The van der Waals surface area contributed by atoms with Crippen LogP contribution in [0, 0.1) is 0 Å².